The van der Waals surface area contributed by atoms with Gasteiger partial charge in [-0.05, 0) is 13.3 Å². The zero-order chi connectivity index (χ0) is 17.5. The van der Waals surface area contributed by atoms with Gasteiger partial charge < -0.3 is 29.5 Å². The van der Waals surface area contributed by atoms with Crippen molar-refractivity contribution in [2.24, 2.45) is 0 Å². The van der Waals surface area contributed by atoms with Crippen LogP contribution in [0.5, 0.6) is 0 Å². The van der Waals surface area contributed by atoms with E-state index in [0.717, 1.165) is 11.1 Å². The third-order valence-electron chi connectivity index (χ3n) is 3.89. The second kappa shape index (κ2) is 9.27. The van der Waals surface area contributed by atoms with Crippen molar-refractivity contribution in [3.63, 3.8) is 0 Å². The highest BCUT2D eigenvalue weighted by molar-refractivity contribution is 5.16. The Bertz CT molecular complexity index is 505. The van der Waals surface area contributed by atoms with Crippen molar-refractivity contribution >= 4 is 0 Å². The van der Waals surface area contributed by atoms with Gasteiger partial charge in [0, 0.05) is 5.56 Å². The summed E-state index contributed by atoms with van der Waals surface area (Å²) in [5, 5.41) is 29.2. The topological polar surface area (TPSA) is 88.4 Å². The van der Waals surface area contributed by atoms with E-state index in [1.54, 1.807) is 6.92 Å². The van der Waals surface area contributed by atoms with Crippen molar-refractivity contribution in [2.45, 2.75) is 44.1 Å². The molecule has 1 aliphatic rings. The number of hydrogen-bond acceptors (Lipinski definition) is 6. The predicted molar refractivity (Wildman–Crippen MR) is 88.3 cm³/mol. The van der Waals surface area contributed by atoms with E-state index in [1.807, 2.05) is 30.3 Å². The van der Waals surface area contributed by atoms with Crippen molar-refractivity contribution in [1.29, 1.82) is 0 Å². The number of ether oxygens (including phenoxy) is 3. The first-order valence-corrected chi connectivity index (χ1v) is 8.06. The Morgan fingerprint density at radius 3 is 2.62 bits per heavy atom. The van der Waals surface area contributed by atoms with E-state index in [0.29, 0.717) is 6.42 Å². The summed E-state index contributed by atoms with van der Waals surface area (Å²) in [5.74, 6) is 0. The Morgan fingerprint density at radius 1 is 1.33 bits per heavy atom. The van der Waals surface area contributed by atoms with Gasteiger partial charge in [-0.25, -0.2) is 0 Å². The average Bonchev–Trinajstić information content (AvgIpc) is 2.59. The van der Waals surface area contributed by atoms with Crippen LogP contribution in [0.4, 0.5) is 0 Å². The number of hydrogen-bond donors (Lipinski definition) is 3. The fourth-order valence-corrected chi connectivity index (χ4v) is 2.62. The van der Waals surface area contributed by atoms with E-state index in [2.05, 4.69) is 6.58 Å². The molecular formula is C18H26O6. The Kier molecular flexibility index (Phi) is 7.36. The second-order valence-electron chi connectivity index (χ2n) is 6.06. The monoisotopic (exact) mass is 338 g/mol. The van der Waals surface area contributed by atoms with Gasteiger partial charge in [-0.15, -0.1) is 6.58 Å². The normalized spacial score (nSPS) is 26.8. The molecule has 0 spiro atoms. The lowest BCUT2D eigenvalue weighted by molar-refractivity contribution is -0.284. The van der Waals surface area contributed by atoms with Crippen molar-refractivity contribution in [2.75, 3.05) is 19.8 Å². The minimum Gasteiger partial charge on any atom is -0.394 e. The predicted octanol–water partition coefficient (Wildman–Crippen LogP) is 1.17. The van der Waals surface area contributed by atoms with E-state index in [1.165, 1.54) is 0 Å². The molecule has 1 aliphatic heterocycles. The highest BCUT2D eigenvalue weighted by atomic mass is 16.7. The molecule has 6 heteroatoms. The summed E-state index contributed by atoms with van der Waals surface area (Å²) >= 11 is 0. The third kappa shape index (κ3) is 5.11. The third-order valence-corrected chi connectivity index (χ3v) is 3.89. The summed E-state index contributed by atoms with van der Waals surface area (Å²) in [5.41, 5.74) is 1.65. The molecule has 0 saturated carbocycles. The standard InChI is InChI=1S/C18H26O6/c1-12(2)8-14(21)15(9-19)23-17-11-22-18(24-16(17)10-20)13-6-4-3-5-7-13/h3-7,14-21H,1,8-11H2,2H3/t14-,15+,16+,17-,18-/m1/s1. The molecule has 0 aromatic heterocycles. The zero-order valence-electron chi connectivity index (χ0n) is 13.9. The number of aliphatic hydroxyl groups excluding tert-OH is 3. The van der Waals surface area contributed by atoms with E-state index in [9.17, 15) is 15.3 Å². The molecule has 1 heterocycles. The van der Waals surface area contributed by atoms with Gasteiger partial charge >= 0.3 is 0 Å². The van der Waals surface area contributed by atoms with Crippen LogP contribution in [0, 0.1) is 0 Å². The SMILES string of the molecule is C=C(C)C[C@@H](O)[C@H](CO)O[C@@H]1CO[C@@H](c2ccccc2)O[C@H]1CO. The molecule has 6 nitrogen and oxygen atoms in total. The molecule has 0 unspecified atom stereocenters. The summed E-state index contributed by atoms with van der Waals surface area (Å²) in [6.45, 7) is 5.15. The molecule has 134 valence electrons. The second-order valence-corrected chi connectivity index (χ2v) is 6.06. The molecule has 1 saturated heterocycles. The maximum absolute atomic E-state index is 10.1. The van der Waals surface area contributed by atoms with Crippen LogP contribution in [0.1, 0.15) is 25.2 Å². The Morgan fingerprint density at radius 2 is 2.04 bits per heavy atom. The van der Waals surface area contributed by atoms with Gasteiger partial charge in [-0.2, -0.15) is 0 Å². The van der Waals surface area contributed by atoms with Gasteiger partial charge in [0.05, 0.1) is 25.9 Å². The first-order valence-electron chi connectivity index (χ1n) is 8.06. The molecule has 5 atom stereocenters. The first kappa shape index (κ1) is 19.1. The van der Waals surface area contributed by atoms with Crippen LogP contribution in [0.15, 0.2) is 42.5 Å². The summed E-state index contributed by atoms with van der Waals surface area (Å²) in [7, 11) is 0. The maximum atomic E-state index is 10.1. The van der Waals surface area contributed by atoms with E-state index >= 15 is 0 Å². The lowest BCUT2D eigenvalue weighted by Crippen LogP contribution is -2.48. The van der Waals surface area contributed by atoms with Crippen LogP contribution >= 0.6 is 0 Å². The lowest BCUT2D eigenvalue weighted by atomic mass is 10.1. The van der Waals surface area contributed by atoms with Gasteiger partial charge in [0.15, 0.2) is 6.29 Å². The fraction of sp³-hybridized carbons (Fsp3) is 0.556. The van der Waals surface area contributed by atoms with Crippen molar-refractivity contribution in [1.82, 2.24) is 0 Å². The maximum Gasteiger partial charge on any atom is 0.184 e. The fourth-order valence-electron chi connectivity index (χ4n) is 2.62. The van der Waals surface area contributed by atoms with Crippen LogP contribution in [0.25, 0.3) is 0 Å². The van der Waals surface area contributed by atoms with E-state index in [-0.39, 0.29) is 19.8 Å². The number of benzene rings is 1. The van der Waals surface area contributed by atoms with Crippen LogP contribution < -0.4 is 0 Å². The van der Waals surface area contributed by atoms with Crippen molar-refractivity contribution in [3.8, 4) is 0 Å². The van der Waals surface area contributed by atoms with Gasteiger partial charge in [0.2, 0.25) is 0 Å². The molecule has 0 amide bonds. The quantitative estimate of drug-likeness (QED) is 0.617. The molecule has 0 bridgehead atoms. The Labute approximate surface area is 142 Å². The zero-order valence-corrected chi connectivity index (χ0v) is 13.9. The number of rotatable bonds is 8. The molecule has 3 N–H and O–H groups in total. The first-order chi connectivity index (χ1) is 11.5. The van der Waals surface area contributed by atoms with E-state index in [4.69, 9.17) is 14.2 Å². The lowest BCUT2D eigenvalue weighted by Gasteiger charge is -2.38. The molecule has 2 rings (SSSR count). The summed E-state index contributed by atoms with van der Waals surface area (Å²) < 4.78 is 17.2. The summed E-state index contributed by atoms with van der Waals surface area (Å²) in [6, 6.07) is 9.43. The summed E-state index contributed by atoms with van der Waals surface area (Å²) in [4.78, 5) is 0. The number of aliphatic hydroxyl groups is 3. The van der Waals surface area contributed by atoms with Crippen molar-refractivity contribution < 1.29 is 29.5 Å². The molecule has 1 fully saturated rings. The van der Waals surface area contributed by atoms with Crippen LogP contribution in [-0.4, -0.2) is 59.6 Å². The Hall–Kier alpha value is -1.28. The van der Waals surface area contributed by atoms with Gasteiger partial charge in [0.1, 0.15) is 18.3 Å². The molecule has 0 aliphatic carbocycles. The van der Waals surface area contributed by atoms with Gasteiger partial charge in [-0.3, -0.25) is 0 Å². The van der Waals surface area contributed by atoms with Crippen LogP contribution in [0.3, 0.4) is 0 Å². The van der Waals surface area contributed by atoms with Gasteiger partial charge in [-0.1, -0.05) is 35.9 Å². The Balaban J connectivity index is 1.97. The minimum absolute atomic E-state index is 0.196. The molecule has 24 heavy (non-hydrogen) atoms. The minimum atomic E-state index is -0.876. The van der Waals surface area contributed by atoms with Crippen LogP contribution in [-0.2, 0) is 14.2 Å². The average molecular weight is 338 g/mol. The molecule has 0 radical (unpaired) electrons. The van der Waals surface area contributed by atoms with Crippen molar-refractivity contribution in [3.05, 3.63) is 48.0 Å². The highest BCUT2D eigenvalue weighted by Gasteiger charge is 2.35. The molecule has 1 aromatic carbocycles. The molecule has 1 aromatic rings. The smallest absolute Gasteiger partial charge is 0.184 e. The van der Waals surface area contributed by atoms with Gasteiger partial charge in [0.25, 0.3) is 0 Å². The highest BCUT2D eigenvalue weighted by Crippen LogP contribution is 2.28. The van der Waals surface area contributed by atoms with Crippen LogP contribution in [0.2, 0.25) is 0 Å². The molecular weight excluding hydrogens is 312 g/mol. The summed E-state index contributed by atoms with van der Waals surface area (Å²) in [6.07, 6.45) is -3.09. The largest absolute Gasteiger partial charge is 0.394 e. The van der Waals surface area contributed by atoms with E-state index < -0.39 is 30.7 Å².